The number of amides is 3. The van der Waals surface area contributed by atoms with Crippen LogP contribution in [0.1, 0.15) is 19.3 Å². The molecule has 2 aliphatic rings. The summed E-state index contributed by atoms with van der Waals surface area (Å²) in [6.07, 6.45) is 9.14. The lowest BCUT2D eigenvalue weighted by Gasteiger charge is -2.13. The number of rotatable bonds is 1. The first-order valence-electron chi connectivity index (χ1n) is 4.75. The number of carbonyl (C=O) groups excluding carboxylic acids is 2. The van der Waals surface area contributed by atoms with Crippen molar-refractivity contribution in [2.45, 2.75) is 19.3 Å². The highest BCUT2D eigenvalue weighted by Gasteiger charge is 2.23. The number of imide groups is 1. The van der Waals surface area contributed by atoms with Gasteiger partial charge < -0.3 is 5.32 Å². The molecule has 1 heterocycles. The zero-order chi connectivity index (χ0) is 9.97. The van der Waals surface area contributed by atoms with E-state index in [0.717, 1.165) is 19.3 Å². The van der Waals surface area contributed by atoms with E-state index in [1.807, 2.05) is 6.08 Å². The molecule has 2 N–H and O–H groups in total. The third-order valence-electron chi connectivity index (χ3n) is 2.43. The average Bonchev–Trinajstić information content (AvgIpc) is 2.47. The van der Waals surface area contributed by atoms with Gasteiger partial charge in [0.05, 0.1) is 0 Å². The second-order valence-electron chi connectivity index (χ2n) is 3.53. The highest BCUT2D eigenvalue weighted by Crippen LogP contribution is 2.20. The normalized spacial score (nSPS) is 29.1. The van der Waals surface area contributed by atoms with E-state index in [2.05, 4.69) is 22.8 Å². The molecule has 0 aromatic carbocycles. The van der Waals surface area contributed by atoms with Crippen LogP contribution in [-0.4, -0.2) is 11.9 Å². The molecule has 1 aliphatic carbocycles. The summed E-state index contributed by atoms with van der Waals surface area (Å²) in [6.45, 7) is 0. The second kappa shape index (κ2) is 3.65. The Hall–Kier alpha value is -1.58. The lowest BCUT2D eigenvalue weighted by Crippen LogP contribution is -2.22. The van der Waals surface area contributed by atoms with E-state index in [9.17, 15) is 9.59 Å². The van der Waals surface area contributed by atoms with Crippen molar-refractivity contribution < 1.29 is 9.59 Å². The van der Waals surface area contributed by atoms with Crippen LogP contribution in [0.4, 0.5) is 4.79 Å². The second-order valence-corrected chi connectivity index (χ2v) is 3.53. The van der Waals surface area contributed by atoms with Crippen molar-refractivity contribution in [3.05, 3.63) is 23.9 Å². The van der Waals surface area contributed by atoms with Crippen LogP contribution in [-0.2, 0) is 4.79 Å². The van der Waals surface area contributed by atoms with Crippen LogP contribution >= 0.6 is 0 Å². The Morgan fingerprint density at radius 3 is 2.71 bits per heavy atom. The summed E-state index contributed by atoms with van der Waals surface area (Å²) in [4.78, 5) is 22.0. The Balaban J connectivity index is 2.06. The van der Waals surface area contributed by atoms with Gasteiger partial charge in [0.2, 0.25) is 0 Å². The maximum Gasteiger partial charge on any atom is 0.326 e. The first kappa shape index (κ1) is 8.99. The van der Waals surface area contributed by atoms with Crippen molar-refractivity contribution >= 4 is 11.9 Å². The van der Waals surface area contributed by atoms with Crippen LogP contribution in [0, 0.1) is 5.92 Å². The van der Waals surface area contributed by atoms with E-state index in [0.29, 0.717) is 11.6 Å². The fourth-order valence-corrected chi connectivity index (χ4v) is 1.70. The van der Waals surface area contributed by atoms with Gasteiger partial charge in [-0.15, -0.1) is 0 Å². The lowest BCUT2D eigenvalue weighted by atomic mass is 9.93. The van der Waals surface area contributed by atoms with Gasteiger partial charge in [-0.3, -0.25) is 10.1 Å². The standard InChI is InChI=1S/C10H12N2O2/c13-9-8(11-10(14)12-9)6-7-4-2-1-3-5-7/h1-2,6-7H,3-5H2,(H2,11,12,13,14)/b8-6-. The molecular weight excluding hydrogens is 180 g/mol. The maximum absolute atomic E-state index is 11.2. The molecule has 4 nitrogen and oxygen atoms in total. The molecule has 2 rings (SSSR count). The molecule has 0 saturated carbocycles. The van der Waals surface area contributed by atoms with Gasteiger partial charge in [0.15, 0.2) is 0 Å². The van der Waals surface area contributed by atoms with Gasteiger partial charge in [0, 0.05) is 0 Å². The van der Waals surface area contributed by atoms with E-state index in [1.165, 1.54) is 0 Å². The van der Waals surface area contributed by atoms with E-state index < -0.39 is 6.03 Å². The molecule has 3 amide bonds. The first-order chi connectivity index (χ1) is 6.75. The predicted molar refractivity (Wildman–Crippen MR) is 51.2 cm³/mol. The molecule has 0 bridgehead atoms. The van der Waals surface area contributed by atoms with Crippen molar-refractivity contribution in [2.75, 3.05) is 0 Å². The summed E-state index contributed by atoms with van der Waals surface area (Å²) >= 11 is 0. The Morgan fingerprint density at radius 1 is 1.29 bits per heavy atom. The lowest BCUT2D eigenvalue weighted by molar-refractivity contribution is -0.115. The minimum Gasteiger partial charge on any atom is -0.303 e. The summed E-state index contributed by atoms with van der Waals surface area (Å²) < 4.78 is 0. The Bertz CT molecular complexity index is 331. The maximum atomic E-state index is 11.2. The smallest absolute Gasteiger partial charge is 0.303 e. The van der Waals surface area contributed by atoms with Crippen molar-refractivity contribution in [1.82, 2.24) is 10.6 Å². The third-order valence-corrected chi connectivity index (χ3v) is 2.43. The van der Waals surface area contributed by atoms with Gasteiger partial charge >= 0.3 is 6.03 Å². The zero-order valence-electron chi connectivity index (χ0n) is 7.75. The molecule has 1 atom stereocenters. The Morgan fingerprint density at radius 2 is 2.14 bits per heavy atom. The van der Waals surface area contributed by atoms with Crippen LogP contribution in [0.2, 0.25) is 0 Å². The van der Waals surface area contributed by atoms with Gasteiger partial charge in [-0.1, -0.05) is 18.2 Å². The van der Waals surface area contributed by atoms with Crippen molar-refractivity contribution in [2.24, 2.45) is 5.92 Å². The van der Waals surface area contributed by atoms with E-state index >= 15 is 0 Å². The highest BCUT2D eigenvalue weighted by molar-refractivity contribution is 6.11. The molecule has 4 heteroatoms. The minimum atomic E-state index is -0.424. The van der Waals surface area contributed by atoms with Crippen LogP contribution < -0.4 is 10.6 Å². The summed E-state index contributed by atoms with van der Waals surface area (Å²) in [7, 11) is 0. The zero-order valence-corrected chi connectivity index (χ0v) is 7.75. The molecule has 0 aromatic heterocycles. The minimum absolute atomic E-state index is 0.315. The number of hydrogen-bond acceptors (Lipinski definition) is 2. The summed E-state index contributed by atoms with van der Waals surface area (Å²) in [6, 6.07) is -0.424. The quantitative estimate of drug-likeness (QED) is 0.371. The summed E-state index contributed by atoms with van der Waals surface area (Å²) in [5.41, 5.74) is 0.398. The number of hydrogen-bond donors (Lipinski definition) is 2. The third kappa shape index (κ3) is 1.84. The molecule has 0 radical (unpaired) electrons. The highest BCUT2D eigenvalue weighted by atomic mass is 16.2. The van der Waals surface area contributed by atoms with Gasteiger partial charge in [-0.05, 0) is 25.2 Å². The molecular formula is C10H12N2O2. The van der Waals surface area contributed by atoms with E-state index in [4.69, 9.17) is 0 Å². The molecule has 1 saturated heterocycles. The molecule has 1 aliphatic heterocycles. The largest absolute Gasteiger partial charge is 0.326 e. The fourth-order valence-electron chi connectivity index (χ4n) is 1.70. The molecule has 0 aromatic rings. The number of urea groups is 1. The van der Waals surface area contributed by atoms with Gasteiger partial charge in [0.1, 0.15) is 5.70 Å². The molecule has 1 fully saturated rings. The topological polar surface area (TPSA) is 58.2 Å². The van der Waals surface area contributed by atoms with Crippen LogP contribution in [0.3, 0.4) is 0 Å². The molecule has 1 unspecified atom stereocenters. The number of carbonyl (C=O) groups is 2. The molecule has 74 valence electrons. The summed E-state index contributed by atoms with van der Waals surface area (Å²) in [5, 5.41) is 4.67. The molecule has 14 heavy (non-hydrogen) atoms. The number of allylic oxidation sites excluding steroid dienone is 3. The van der Waals surface area contributed by atoms with E-state index in [-0.39, 0.29) is 5.91 Å². The molecule has 0 spiro atoms. The van der Waals surface area contributed by atoms with Gasteiger partial charge in [0.25, 0.3) is 5.91 Å². The SMILES string of the molecule is O=C1NC(=O)/C(=C/C2CC=CCC2)N1. The monoisotopic (exact) mass is 192 g/mol. The van der Waals surface area contributed by atoms with Crippen LogP contribution in [0.15, 0.2) is 23.9 Å². The van der Waals surface area contributed by atoms with Crippen LogP contribution in [0.5, 0.6) is 0 Å². The fraction of sp³-hybridized carbons (Fsp3) is 0.400. The van der Waals surface area contributed by atoms with Gasteiger partial charge in [-0.2, -0.15) is 0 Å². The number of nitrogens with one attached hydrogen (secondary N) is 2. The first-order valence-corrected chi connectivity index (χ1v) is 4.75. The van der Waals surface area contributed by atoms with E-state index in [1.54, 1.807) is 0 Å². The Labute approximate surface area is 82.1 Å². The Kier molecular flexibility index (Phi) is 2.35. The predicted octanol–water partition coefficient (Wildman–Crippen LogP) is 1.07. The van der Waals surface area contributed by atoms with Gasteiger partial charge in [-0.25, -0.2) is 4.79 Å². The average molecular weight is 192 g/mol. The van der Waals surface area contributed by atoms with Crippen molar-refractivity contribution in [3.8, 4) is 0 Å². The summed E-state index contributed by atoms with van der Waals surface area (Å²) in [5.74, 6) is 0.0590. The van der Waals surface area contributed by atoms with Crippen molar-refractivity contribution in [1.29, 1.82) is 0 Å². The van der Waals surface area contributed by atoms with Crippen LogP contribution in [0.25, 0.3) is 0 Å². The van der Waals surface area contributed by atoms with Crippen molar-refractivity contribution in [3.63, 3.8) is 0 Å².